The SMILES string of the molecule is CCNC(c1ccc(C)c(Cl)c1)C(OC)C(C)(C)C. The number of nitrogens with one attached hydrogen (secondary N) is 1. The van der Waals surface area contributed by atoms with E-state index in [0.717, 1.165) is 17.1 Å². The molecule has 0 heterocycles. The Kier molecular flexibility index (Phi) is 5.84. The molecule has 2 nitrogen and oxygen atoms in total. The summed E-state index contributed by atoms with van der Waals surface area (Å²) >= 11 is 6.25. The van der Waals surface area contributed by atoms with E-state index in [0.29, 0.717) is 0 Å². The van der Waals surface area contributed by atoms with Crippen molar-refractivity contribution in [3.63, 3.8) is 0 Å². The van der Waals surface area contributed by atoms with Gasteiger partial charge in [-0.1, -0.05) is 51.4 Å². The Morgan fingerprint density at radius 3 is 2.37 bits per heavy atom. The lowest BCUT2D eigenvalue weighted by atomic mass is 9.82. The molecular weight excluding hydrogens is 258 g/mol. The second kappa shape index (κ2) is 6.74. The highest BCUT2D eigenvalue weighted by atomic mass is 35.5. The molecule has 2 unspecified atom stereocenters. The summed E-state index contributed by atoms with van der Waals surface area (Å²) in [5, 5.41) is 4.33. The van der Waals surface area contributed by atoms with Crippen LogP contribution in [0.1, 0.15) is 44.9 Å². The van der Waals surface area contributed by atoms with Crippen LogP contribution in [0.3, 0.4) is 0 Å². The predicted octanol–water partition coefficient (Wildman–Crippen LogP) is 4.36. The van der Waals surface area contributed by atoms with Gasteiger partial charge >= 0.3 is 0 Å². The molecule has 0 aromatic heterocycles. The maximum Gasteiger partial charge on any atom is 0.0814 e. The van der Waals surface area contributed by atoms with Crippen molar-refractivity contribution in [3.05, 3.63) is 34.3 Å². The third kappa shape index (κ3) is 4.20. The molecule has 0 aliphatic carbocycles. The molecule has 0 saturated carbocycles. The highest BCUT2D eigenvalue weighted by Crippen LogP contribution is 2.33. The maximum absolute atomic E-state index is 6.25. The van der Waals surface area contributed by atoms with Gasteiger partial charge in [0, 0.05) is 12.1 Å². The van der Waals surface area contributed by atoms with E-state index >= 15 is 0 Å². The molecule has 0 aliphatic heterocycles. The fourth-order valence-corrected chi connectivity index (χ4v) is 2.60. The predicted molar refractivity (Wildman–Crippen MR) is 82.9 cm³/mol. The van der Waals surface area contributed by atoms with Gasteiger partial charge in [-0.05, 0) is 36.1 Å². The number of benzene rings is 1. The van der Waals surface area contributed by atoms with E-state index in [4.69, 9.17) is 16.3 Å². The van der Waals surface area contributed by atoms with Crippen LogP contribution in [0, 0.1) is 12.3 Å². The van der Waals surface area contributed by atoms with Crippen molar-refractivity contribution >= 4 is 11.6 Å². The van der Waals surface area contributed by atoms with Crippen molar-refractivity contribution < 1.29 is 4.74 Å². The molecule has 0 saturated heterocycles. The second-order valence-electron chi connectivity index (χ2n) is 6.07. The summed E-state index contributed by atoms with van der Waals surface area (Å²) in [4.78, 5) is 0. The fourth-order valence-electron chi connectivity index (χ4n) is 2.41. The minimum absolute atomic E-state index is 0.0545. The van der Waals surface area contributed by atoms with E-state index < -0.39 is 0 Å². The largest absolute Gasteiger partial charge is 0.379 e. The Morgan fingerprint density at radius 1 is 1.32 bits per heavy atom. The quantitative estimate of drug-likeness (QED) is 0.867. The maximum atomic E-state index is 6.25. The highest BCUT2D eigenvalue weighted by Gasteiger charge is 2.33. The molecule has 0 spiro atoms. The number of rotatable bonds is 5. The van der Waals surface area contributed by atoms with Crippen LogP contribution in [0.4, 0.5) is 0 Å². The van der Waals surface area contributed by atoms with Crippen molar-refractivity contribution in [2.75, 3.05) is 13.7 Å². The van der Waals surface area contributed by atoms with Gasteiger partial charge in [-0.2, -0.15) is 0 Å². The van der Waals surface area contributed by atoms with Crippen LogP contribution in [0.15, 0.2) is 18.2 Å². The van der Waals surface area contributed by atoms with Gasteiger partial charge in [-0.15, -0.1) is 0 Å². The topological polar surface area (TPSA) is 21.3 Å². The summed E-state index contributed by atoms with van der Waals surface area (Å²) in [5.74, 6) is 0. The molecule has 0 bridgehead atoms. The highest BCUT2D eigenvalue weighted by molar-refractivity contribution is 6.31. The Hall–Kier alpha value is -0.570. The van der Waals surface area contributed by atoms with Gasteiger partial charge in [0.25, 0.3) is 0 Å². The van der Waals surface area contributed by atoms with Crippen molar-refractivity contribution in [1.82, 2.24) is 5.32 Å². The monoisotopic (exact) mass is 283 g/mol. The Labute approximate surface area is 122 Å². The molecular formula is C16H26ClNO. The van der Waals surface area contributed by atoms with E-state index in [1.165, 1.54) is 5.56 Å². The van der Waals surface area contributed by atoms with Crippen LogP contribution in [-0.4, -0.2) is 19.8 Å². The lowest BCUT2D eigenvalue weighted by molar-refractivity contribution is -0.0116. The van der Waals surface area contributed by atoms with E-state index in [1.807, 2.05) is 13.0 Å². The number of ether oxygens (including phenoxy) is 1. The minimum Gasteiger partial charge on any atom is -0.379 e. The van der Waals surface area contributed by atoms with Gasteiger partial charge < -0.3 is 10.1 Å². The number of hydrogen-bond donors (Lipinski definition) is 1. The molecule has 1 aromatic carbocycles. The Bertz CT molecular complexity index is 412. The smallest absolute Gasteiger partial charge is 0.0814 e. The van der Waals surface area contributed by atoms with E-state index in [-0.39, 0.29) is 17.6 Å². The van der Waals surface area contributed by atoms with Crippen molar-refractivity contribution in [2.24, 2.45) is 5.41 Å². The molecule has 0 aliphatic rings. The summed E-state index contributed by atoms with van der Waals surface area (Å²) in [7, 11) is 1.77. The standard InChI is InChI=1S/C16H26ClNO/c1-7-18-14(15(19-6)16(3,4)5)12-9-8-11(2)13(17)10-12/h8-10,14-15,18H,7H2,1-6H3. The number of methoxy groups -OCH3 is 1. The zero-order valence-corrected chi connectivity index (χ0v) is 13.6. The second-order valence-corrected chi connectivity index (χ2v) is 6.47. The lowest BCUT2D eigenvalue weighted by Crippen LogP contribution is -2.41. The first-order valence-corrected chi connectivity index (χ1v) is 7.21. The molecule has 0 fully saturated rings. The number of likely N-dealkylation sites (N-methyl/N-ethyl adjacent to an activating group) is 1. The Balaban J connectivity index is 3.14. The Morgan fingerprint density at radius 2 is 1.95 bits per heavy atom. The van der Waals surface area contributed by atoms with Crippen LogP contribution < -0.4 is 5.32 Å². The number of aryl methyl sites for hydroxylation is 1. The van der Waals surface area contributed by atoms with Gasteiger partial charge in [0.15, 0.2) is 0 Å². The van der Waals surface area contributed by atoms with E-state index in [1.54, 1.807) is 7.11 Å². The minimum atomic E-state index is 0.0545. The molecule has 0 amide bonds. The first-order chi connectivity index (χ1) is 8.81. The summed E-state index contributed by atoms with van der Waals surface area (Å²) in [6, 6.07) is 6.39. The molecule has 1 aromatic rings. The normalized spacial score (nSPS) is 15.3. The molecule has 1 rings (SSSR count). The lowest BCUT2D eigenvalue weighted by Gasteiger charge is -2.36. The zero-order valence-electron chi connectivity index (χ0n) is 12.9. The van der Waals surface area contributed by atoms with E-state index in [9.17, 15) is 0 Å². The van der Waals surface area contributed by atoms with Gasteiger partial charge in [0.2, 0.25) is 0 Å². The van der Waals surface area contributed by atoms with Crippen LogP contribution in [0.25, 0.3) is 0 Å². The van der Waals surface area contributed by atoms with Gasteiger partial charge in [-0.3, -0.25) is 0 Å². The summed E-state index contributed by atoms with van der Waals surface area (Å²) in [6.45, 7) is 11.6. The average Bonchev–Trinajstić information content (AvgIpc) is 2.31. The molecule has 0 radical (unpaired) electrons. The number of hydrogen-bond acceptors (Lipinski definition) is 2. The van der Waals surface area contributed by atoms with Gasteiger partial charge in [0.1, 0.15) is 0 Å². The molecule has 3 heteroatoms. The third-order valence-electron chi connectivity index (χ3n) is 3.39. The summed E-state index contributed by atoms with van der Waals surface area (Å²) < 4.78 is 5.75. The van der Waals surface area contributed by atoms with Crippen LogP contribution >= 0.6 is 11.6 Å². The first-order valence-electron chi connectivity index (χ1n) is 6.83. The molecule has 19 heavy (non-hydrogen) atoms. The zero-order chi connectivity index (χ0) is 14.6. The number of halogens is 1. The van der Waals surface area contributed by atoms with Gasteiger partial charge in [0.05, 0.1) is 12.1 Å². The van der Waals surface area contributed by atoms with Gasteiger partial charge in [-0.25, -0.2) is 0 Å². The van der Waals surface area contributed by atoms with Crippen LogP contribution in [0.5, 0.6) is 0 Å². The van der Waals surface area contributed by atoms with Crippen LogP contribution in [-0.2, 0) is 4.74 Å². The average molecular weight is 284 g/mol. The fraction of sp³-hybridized carbons (Fsp3) is 0.625. The van der Waals surface area contributed by atoms with Crippen LogP contribution in [0.2, 0.25) is 5.02 Å². The summed E-state index contributed by atoms with van der Waals surface area (Å²) in [6.07, 6.45) is 0.0891. The van der Waals surface area contributed by atoms with Crippen molar-refractivity contribution in [1.29, 1.82) is 0 Å². The third-order valence-corrected chi connectivity index (χ3v) is 3.80. The van der Waals surface area contributed by atoms with Crippen molar-refractivity contribution in [2.45, 2.75) is 46.8 Å². The van der Waals surface area contributed by atoms with E-state index in [2.05, 4.69) is 45.1 Å². The molecule has 108 valence electrons. The first kappa shape index (κ1) is 16.5. The molecule has 2 atom stereocenters. The molecule has 1 N–H and O–H groups in total. The van der Waals surface area contributed by atoms with Crippen molar-refractivity contribution in [3.8, 4) is 0 Å². The summed E-state index contributed by atoms with van der Waals surface area (Å²) in [5.41, 5.74) is 2.34.